The van der Waals surface area contributed by atoms with Gasteiger partial charge >= 0.3 is 5.69 Å². The molecule has 13 heteroatoms. The van der Waals surface area contributed by atoms with Crippen molar-refractivity contribution < 1.29 is 22.9 Å². The van der Waals surface area contributed by atoms with Crippen molar-refractivity contribution >= 4 is 27.8 Å². The molecule has 0 aliphatic heterocycles. The molecule has 0 radical (unpaired) electrons. The predicted molar refractivity (Wildman–Crippen MR) is 133 cm³/mol. The fourth-order valence-corrected chi connectivity index (χ4v) is 4.43. The van der Waals surface area contributed by atoms with Crippen molar-refractivity contribution in [1.29, 1.82) is 0 Å². The van der Waals surface area contributed by atoms with Gasteiger partial charge in [-0.05, 0) is 56.7 Å². The molecule has 3 rings (SSSR count). The van der Waals surface area contributed by atoms with Gasteiger partial charge < -0.3 is 4.74 Å². The van der Waals surface area contributed by atoms with E-state index < -0.39 is 27.4 Å². The van der Waals surface area contributed by atoms with Gasteiger partial charge in [-0.3, -0.25) is 19.6 Å². The summed E-state index contributed by atoms with van der Waals surface area (Å²) in [5.41, 5.74) is 5.19. The number of methoxy groups -OCH3 is 1. The summed E-state index contributed by atoms with van der Waals surface area (Å²) in [7, 11) is -2.32. The first-order chi connectivity index (χ1) is 17.0. The standard InChI is InChI=1S/C23H26N6O6S/c1-15-5-8-20(9-6-15)36(33,34)25-13-22(30)26-24-12-18-7-10-21(35-4)19(11-18)14-28-17(3)23(29(31)32)16(2)27-28/h5-12,25H,13-14H2,1-4H3,(H,26,30). The van der Waals surface area contributed by atoms with E-state index in [4.69, 9.17) is 4.74 Å². The Balaban J connectivity index is 1.65. The highest BCUT2D eigenvalue weighted by Crippen LogP contribution is 2.25. The average Bonchev–Trinajstić information content (AvgIpc) is 3.11. The predicted octanol–water partition coefficient (Wildman–Crippen LogP) is 2.20. The van der Waals surface area contributed by atoms with Crippen LogP contribution in [0, 0.1) is 30.9 Å². The number of carbonyl (C=O) groups is 1. The number of hydrazone groups is 1. The second-order valence-electron chi connectivity index (χ2n) is 7.94. The maximum Gasteiger partial charge on any atom is 0.312 e. The van der Waals surface area contributed by atoms with Crippen LogP contribution in [0.1, 0.15) is 28.1 Å². The summed E-state index contributed by atoms with van der Waals surface area (Å²) in [4.78, 5) is 22.9. The second kappa shape index (κ2) is 11.1. The molecule has 0 unspecified atom stereocenters. The monoisotopic (exact) mass is 514 g/mol. The minimum atomic E-state index is -3.83. The maximum absolute atomic E-state index is 12.3. The first-order valence-electron chi connectivity index (χ1n) is 10.8. The summed E-state index contributed by atoms with van der Waals surface area (Å²) in [6.07, 6.45) is 1.39. The first kappa shape index (κ1) is 26.5. The van der Waals surface area contributed by atoms with E-state index in [1.54, 1.807) is 44.2 Å². The molecule has 190 valence electrons. The lowest BCUT2D eigenvalue weighted by molar-refractivity contribution is -0.386. The SMILES string of the molecule is COc1ccc(C=NNC(=O)CNS(=O)(=O)c2ccc(C)cc2)cc1Cn1nc(C)c([N+](=O)[O-])c1C. The third-order valence-corrected chi connectivity index (χ3v) is 6.72. The minimum absolute atomic E-state index is 0.0348. The molecule has 0 aliphatic carbocycles. The number of amides is 1. The van der Waals surface area contributed by atoms with Crippen LogP contribution in [0.25, 0.3) is 0 Å². The number of aromatic nitrogens is 2. The van der Waals surface area contributed by atoms with Crippen molar-refractivity contribution in [1.82, 2.24) is 19.9 Å². The van der Waals surface area contributed by atoms with Gasteiger partial charge in [0.2, 0.25) is 10.0 Å². The van der Waals surface area contributed by atoms with Gasteiger partial charge in [-0.1, -0.05) is 17.7 Å². The van der Waals surface area contributed by atoms with E-state index in [0.717, 1.165) is 5.56 Å². The summed E-state index contributed by atoms with van der Waals surface area (Å²) < 4.78 is 33.7. The van der Waals surface area contributed by atoms with Gasteiger partial charge in [0.25, 0.3) is 5.91 Å². The van der Waals surface area contributed by atoms with Gasteiger partial charge in [-0.2, -0.15) is 10.2 Å². The van der Waals surface area contributed by atoms with E-state index >= 15 is 0 Å². The Morgan fingerprint density at radius 2 is 1.89 bits per heavy atom. The second-order valence-corrected chi connectivity index (χ2v) is 9.70. The largest absolute Gasteiger partial charge is 0.496 e. The van der Waals surface area contributed by atoms with E-state index in [2.05, 4.69) is 20.3 Å². The lowest BCUT2D eigenvalue weighted by atomic mass is 10.1. The smallest absolute Gasteiger partial charge is 0.312 e. The molecule has 1 heterocycles. The van der Waals surface area contributed by atoms with Gasteiger partial charge in [0.1, 0.15) is 17.1 Å². The van der Waals surface area contributed by atoms with E-state index in [0.29, 0.717) is 28.3 Å². The van der Waals surface area contributed by atoms with Crippen molar-refractivity contribution in [2.24, 2.45) is 5.10 Å². The molecule has 0 saturated carbocycles. The number of aryl methyl sites for hydroxylation is 2. The van der Waals surface area contributed by atoms with E-state index in [9.17, 15) is 23.3 Å². The zero-order valence-electron chi connectivity index (χ0n) is 20.2. The minimum Gasteiger partial charge on any atom is -0.496 e. The quantitative estimate of drug-likeness (QED) is 0.238. The molecule has 0 saturated heterocycles. The van der Waals surface area contributed by atoms with Crippen LogP contribution < -0.4 is 14.9 Å². The zero-order chi connectivity index (χ0) is 26.5. The van der Waals surface area contributed by atoms with E-state index in [-0.39, 0.29) is 17.1 Å². The zero-order valence-corrected chi connectivity index (χ0v) is 21.0. The molecular weight excluding hydrogens is 488 g/mol. The summed E-state index contributed by atoms with van der Waals surface area (Å²) in [5, 5.41) is 19.4. The van der Waals surface area contributed by atoms with Crippen LogP contribution in [-0.4, -0.2) is 48.9 Å². The van der Waals surface area contributed by atoms with Crippen LogP contribution >= 0.6 is 0 Å². The highest BCUT2D eigenvalue weighted by molar-refractivity contribution is 7.89. The summed E-state index contributed by atoms with van der Waals surface area (Å²) >= 11 is 0. The highest BCUT2D eigenvalue weighted by Gasteiger charge is 2.22. The third-order valence-electron chi connectivity index (χ3n) is 5.31. The third kappa shape index (κ3) is 6.31. The Kier molecular flexibility index (Phi) is 8.17. The number of nitro groups is 1. The van der Waals surface area contributed by atoms with Crippen LogP contribution in [0.4, 0.5) is 5.69 Å². The molecule has 12 nitrogen and oxygen atoms in total. The summed E-state index contributed by atoms with van der Waals surface area (Å²) in [5.74, 6) is -0.0949. The molecule has 0 fully saturated rings. The lowest BCUT2D eigenvalue weighted by Gasteiger charge is -2.10. The van der Waals surface area contributed by atoms with Crippen molar-refractivity contribution in [2.45, 2.75) is 32.2 Å². The number of hydrogen-bond acceptors (Lipinski definition) is 8. The molecule has 0 atom stereocenters. The van der Waals surface area contributed by atoms with Gasteiger partial charge in [0, 0.05) is 5.56 Å². The number of hydrogen-bond donors (Lipinski definition) is 2. The Morgan fingerprint density at radius 3 is 2.50 bits per heavy atom. The number of nitrogens with zero attached hydrogens (tertiary/aromatic N) is 4. The Bertz CT molecular complexity index is 1410. The van der Waals surface area contributed by atoms with E-state index in [1.165, 1.54) is 30.1 Å². The number of nitrogens with one attached hydrogen (secondary N) is 2. The molecule has 1 amide bonds. The van der Waals surface area contributed by atoms with Gasteiger partial charge in [0.15, 0.2) is 0 Å². The molecular formula is C23H26N6O6S. The maximum atomic E-state index is 12.3. The Morgan fingerprint density at radius 1 is 1.19 bits per heavy atom. The van der Waals surface area contributed by atoms with Gasteiger partial charge in [-0.25, -0.2) is 18.6 Å². The molecule has 36 heavy (non-hydrogen) atoms. The fraction of sp³-hybridized carbons (Fsp3) is 0.261. The van der Waals surface area contributed by atoms with Crippen molar-refractivity contribution in [3.05, 3.63) is 80.7 Å². The summed E-state index contributed by atoms with van der Waals surface area (Å²) in [6.45, 7) is 4.77. The molecule has 3 aromatic rings. The first-order valence-corrected chi connectivity index (χ1v) is 12.2. The summed E-state index contributed by atoms with van der Waals surface area (Å²) in [6, 6.07) is 11.4. The number of carbonyl (C=O) groups excluding carboxylic acids is 1. The Hall–Kier alpha value is -4.10. The van der Waals surface area contributed by atoms with Crippen molar-refractivity contribution in [2.75, 3.05) is 13.7 Å². The lowest BCUT2D eigenvalue weighted by Crippen LogP contribution is -2.34. The van der Waals surface area contributed by atoms with Crippen molar-refractivity contribution in [3.63, 3.8) is 0 Å². The number of benzene rings is 2. The molecule has 1 aromatic heterocycles. The van der Waals surface area contributed by atoms with Crippen LogP contribution in [0.2, 0.25) is 0 Å². The number of sulfonamides is 1. The normalized spacial score (nSPS) is 11.6. The van der Waals surface area contributed by atoms with Crippen LogP contribution in [0.15, 0.2) is 52.5 Å². The average molecular weight is 515 g/mol. The van der Waals surface area contributed by atoms with Gasteiger partial charge in [0.05, 0.1) is 36.2 Å². The highest BCUT2D eigenvalue weighted by atomic mass is 32.2. The van der Waals surface area contributed by atoms with E-state index in [1.807, 2.05) is 6.92 Å². The Labute approximate surface area is 208 Å². The topological polar surface area (TPSA) is 158 Å². The molecule has 0 bridgehead atoms. The molecule has 0 aliphatic rings. The number of rotatable bonds is 10. The van der Waals surface area contributed by atoms with Crippen molar-refractivity contribution in [3.8, 4) is 5.75 Å². The molecule has 0 spiro atoms. The molecule has 2 N–H and O–H groups in total. The van der Waals surface area contributed by atoms with Crippen LogP contribution in [-0.2, 0) is 21.4 Å². The van der Waals surface area contributed by atoms with Crippen LogP contribution in [0.5, 0.6) is 5.75 Å². The van der Waals surface area contributed by atoms with Crippen LogP contribution in [0.3, 0.4) is 0 Å². The van der Waals surface area contributed by atoms with Gasteiger partial charge in [-0.15, -0.1) is 0 Å². The number of ether oxygens (including phenoxy) is 1. The molecule has 2 aromatic carbocycles. The fourth-order valence-electron chi connectivity index (χ4n) is 3.45.